The maximum Gasteiger partial charge on any atom is 0.325 e. The van der Waals surface area contributed by atoms with Gasteiger partial charge in [-0.15, -0.1) is 0 Å². The first-order valence-corrected chi connectivity index (χ1v) is 8.88. The van der Waals surface area contributed by atoms with Gasteiger partial charge >= 0.3 is 5.97 Å². The number of hydrogen-bond acceptors (Lipinski definition) is 5. The summed E-state index contributed by atoms with van der Waals surface area (Å²) in [5.74, 6) is -0.356. The van der Waals surface area contributed by atoms with Crippen molar-refractivity contribution in [2.24, 2.45) is 0 Å². The zero-order valence-electron chi connectivity index (χ0n) is 14.6. The Morgan fingerprint density at radius 1 is 1.31 bits per heavy atom. The van der Waals surface area contributed by atoms with Crippen LogP contribution in [-0.4, -0.2) is 59.1 Å². The Balaban J connectivity index is 1.71. The maximum absolute atomic E-state index is 12.0. The normalized spacial score (nSPS) is 17.0. The Kier molecular flexibility index (Phi) is 6.08. The quantitative estimate of drug-likeness (QED) is 0.837. The van der Waals surface area contributed by atoms with Crippen molar-refractivity contribution in [2.75, 3.05) is 33.3 Å². The van der Waals surface area contributed by atoms with E-state index in [9.17, 15) is 9.90 Å². The van der Waals surface area contributed by atoms with Gasteiger partial charge in [0.25, 0.3) is 0 Å². The molecule has 1 aliphatic heterocycles. The Morgan fingerprint density at radius 3 is 2.69 bits per heavy atom. The highest BCUT2D eigenvalue weighted by Gasteiger charge is 2.32. The second kappa shape index (κ2) is 8.49. The van der Waals surface area contributed by atoms with Gasteiger partial charge in [0.15, 0.2) is 0 Å². The number of rotatable bonds is 6. The molecular formula is C19H22ClN3O3. The van der Waals surface area contributed by atoms with E-state index in [0.29, 0.717) is 29.4 Å². The van der Waals surface area contributed by atoms with Crippen molar-refractivity contribution in [3.63, 3.8) is 0 Å². The molecule has 138 valence electrons. The summed E-state index contributed by atoms with van der Waals surface area (Å²) in [6.45, 7) is 3.73. The number of nitrogens with zero attached hydrogens (tertiary/aromatic N) is 3. The van der Waals surface area contributed by atoms with Crippen LogP contribution in [0, 0.1) is 0 Å². The predicted molar refractivity (Wildman–Crippen MR) is 99.5 cm³/mol. The van der Waals surface area contributed by atoms with Crippen LogP contribution in [0.25, 0.3) is 0 Å². The van der Waals surface area contributed by atoms with Crippen molar-refractivity contribution in [1.29, 1.82) is 0 Å². The van der Waals surface area contributed by atoms with Gasteiger partial charge in [0.1, 0.15) is 11.8 Å². The molecule has 1 saturated heterocycles. The molecule has 1 aromatic carbocycles. The van der Waals surface area contributed by atoms with Gasteiger partial charge in [0, 0.05) is 55.7 Å². The van der Waals surface area contributed by atoms with Crippen molar-refractivity contribution in [3.8, 4) is 5.75 Å². The smallest absolute Gasteiger partial charge is 0.325 e. The number of methoxy groups -OCH3 is 1. The van der Waals surface area contributed by atoms with E-state index >= 15 is 0 Å². The monoisotopic (exact) mass is 375 g/mol. The first kappa shape index (κ1) is 18.6. The van der Waals surface area contributed by atoms with Crippen LogP contribution in [0.1, 0.15) is 17.2 Å². The minimum Gasteiger partial charge on any atom is -0.496 e. The van der Waals surface area contributed by atoms with Gasteiger partial charge in [-0.3, -0.25) is 19.6 Å². The van der Waals surface area contributed by atoms with Gasteiger partial charge in [0.2, 0.25) is 0 Å². The third-order valence-electron chi connectivity index (χ3n) is 4.62. The molecule has 3 rings (SSSR count). The van der Waals surface area contributed by atoms with Crippen LogP contribution >= 0.6 is 11.6 Å². The van der Waals surface area contributed by atoms with E-state index in [1.165, 1.54) is 7.11 Å². The van der Waals surface area contributed by atoms with Gasteiger partial charge in [-0.05, 0) is 29.8 Å². The number of carboxylic acids is 1. The molecule has 1 N–H and O–H groups in total. The summed E-state index contributed by atoms with van der Waals surface area (Å²) in [5.41, 5.74) is 1.75. The number of halogens is 1. The molecule has 7 heteroatoms. The second-order valence-corrected chi connectivity index (χ2v) is 6.74. The Hall–Kier alpha value is -2.15. The molecule has 0 unspecified atom stereocenters. The number of carbonyl (C=O) groups is 1. The molecule has 0 saturated carbocycles. The minimum atomic E-state index is -0.897. The standard InChI is InChI=1S/C19H22ClN3O3/c1-26-17-5-4-15(20)11-16(17)18(19(24)25)23-9-7-22(8-10-23)13-14-3-2-6-21-12-14/h2-6,11-12,18H,7-10,13H2,1H3,(H,24,25)/t18-/m0/s1. The zero-order valence-corrected chi connectivity index (χ0v) is 15.4. The van der Waals surface area contributed by atoms with E-state index in [1.54, 1.807) is 24.4 Å². The van der Waals surface area contributed by atoms with E-state index in [4.69, 9.17) is 16.3 Å². The van der Waals surface area contributed by atoms with Crippen LogP contribution in [0.15, 0.2) is 42.7 Å². The summed E-state index contributed by atoms with van der Waals surface area (Å²) >= 11 is 6.09. The lowest BCUT2D eigenvalue weighted by Crippen LogP contribution is -2.48. The lowest BCUT2D eigenvalue weighted by Gasteiger charge is -2.38. The van der Waals surface area contributed by atoms with Crippen LogP contribution < -0.4 is 4.74 Å². The van der Waals surface area contributed by atoms with Crippen molar-refractivity contribution >= 4 is 17.6 Å². The topological polar surface area (TPSA) is 65.9 Å². The fourth-order valence-corrected chi connectivity index (χ4v) is 3.51. The maximum atomic E-state index is 12.0. The van der Waals surface area contributed by atoms with Gasteiger partial charge in [-0.2, -0.15) is 0 Å². The summed E-state index contributed by atoms with van der Waals surface area (Å²) in [4.78, 5) is 20.4. The van der Waals surface area contributed by atoms with Gasteiger partial charge in [0.05, 0.1) is 7.11 Å². The molecule has 1 aromatic heterocycles. The molecule has 1 aliphatic rings. The molecule has 1 fully saturated rings. The molecular weight excluding hydrogens is 354 g/mol. The zero-order chi connectivity index (χ0) is 18.5. The van der Waals surface area contributed by atoms with Crippen LogP contribution in [0.3, 0.4) is 0 Å². The van der Waals surface area contributed by atoms with Crippen LogP contribution in [0.5, 0.6) is 5.75 Å². The van der Waals surface area contributed by atoms with E-state index in [1.807, 2.05) is 17.2 Å². The van der Waals surface area contributed by atoms with Gasteiger partial charge in [-0.25, -0.2) is 0 Å². The second-order valence-electron chi connectivity index (χ2n) is 6.30. The fraction of sp³-hybridized carbons (Fsp3) is 0.368. The largest absolute Gasteiger partial charge is 0.496 e. The highest BCUT2D eigenvalue weighted by atomic mass is 35.5. The fourth-order valence-electron chi connectivity index (χ4n) is 3.33. The van der Waals surface area contributed by atoms with Gasteiger partial charge in [-0.1, -0.05) is 17.7 Å². The predicted octanol–water partition coefficient (Wildman–Crippen LogP) is 2.69. The number of benzene rings is 1. The summed E-state index contributed by atoms with van der Waals surface area (Å²) in [6.07, 6.45) is 3.63. The lowest BCUT2D eigenvalue weighted by atomic mass is 10.0. The SMILES string of the molecule is COc1ccc(Cl)cc1[C@@H](C(=O)O)N1CCN(Cc2cccnc2)CC1. The number of aromatic nitrogens is 1. The number of hydrogen-bond donors (Lipinski definition) is 1. The van der Waals surface area contributed by atoms with E-state index in [-0.39, 0.29) is 0 Å². The molecule has 6 nitrogen and oxygen atoms in total. The Morgan fingerprint density at radius 2 is 2.08 bits per heavy atom. The summed E-state index contributed by atoms with van der Waals surface area (Å²) in [7, 11) is 1.54. The highest BCUT2D eigenvalue weighted by Crippen LogP contribution is 2.32. The van der Waals surface area contributed by atoms with E-state index in [2.05, 4.69) is 16.0 Å². The number of carboxylic acid groups (broad SMARTS) is 1. The molecule has 0 bridgehead atoms. The third-order valence-corrected chi connectivity index (χ3v) is 4.86. The number of ether oxygens (including phenoxy) is 1. The minimum absolute atomic E-state index is 0.502. The molecule has 2 aromatic rings. The average Bonchev–Trinajstić information content (AvgIpc) is 2.64. The number of piperazine rings is 1. The first-order valence-electron chi connectivity index (χ1n) is 8.50. The third kappa shape index (κ3) is 4.33. The molecule has 0 spiro atoms. The summed E-state index contributed by atoms with van der Waals surface area (Å²) in [6, 6.07) is 8.31. The number of aliphatic carboxylic acids is 1. The van der Waals surface area contributed by atoms with Crippen molar-refractivity contribution in [2.45, 2.75) is 12.6 Å². The number of pyridine rings is 1. The molecule has 26 heavy (non-hydrogen) atoms. The molecule has 0 aliphatic carbocycles. The lowest BCUT2D eigenvalue weighted by molar-refractivity contribution is -0.144. The average molecular weight is 376 g/mol. The van der Waals surface area contributed by atoms with Crippen molar-refractivity contribution < 1.29 is 14.6 Å². The Labute approximate surface area is 158 Å². The molecule has 0 amide bonds. The van der Waals surface area contributed by atoms with E-state index in [0.717, 1.165) is 25.2 Å². The molecule has 2 heterocycles. The summed E-state index contributed by atoms with van der Waals surface area (Å²) in [5, 5.41) is 10.3. The van der Waals surface area contributed by atoms with Crippen LogP contribution in [0.2, 0.25) is 5.02 Å². The van der Waals surface area contributed by atoms with Crippen LogP contribution in [0.4, 0.5) is 0 Å². The summed E-state index contributed by atoms with van der Waals surface area (Å²) < 4.78 is 5.36. The van der Waals surface area contributed by atoms with Crippen molar-refractivity contribution in [1.82, 2.24) is 14.8 Å². The van der Waals surface area contributed by atoms with Crippen LogP contribution in [-0.2, 0) is 11.3 Å². The molecule has 1 atom stereocenters. The Bertz CT molecular complexity index is 749. The molecule has 0 radical (unpaired) electrons. The first-order chi connectivity index (χ1) is 12.6. The van der Waals surface area contributed by atoms with Gasteiger partial charge < -0.3 is 9.84 Å². The highest BCUT2D eigenvalue weighted by molar-refractivity contribution is 6.30. The van der Waals surface area contributed by atoms with Crippen molar-refractivity contribution in [3.05, 3.63) is 58.9 Å². The van der Waals surface area contributed by atoms with E-state index < -0.39 is 12.0 Å².